The van der Waals surface area contributed by atoms with Gasteiger partial charge in [-0.1, -0.05) is 109 Å². The Morgan fingerprint density at radius 2 is 0.750 bits per heavy atom. The van der Waals surface area contributed by atoms with E-state index >= 15 is 0 Å². The van der Waals surface area contributed by atoms with Gasteiger partial charge in [-0.3, -0.25) is 5.84 Å². The minimum absolute atomic E-state index is 0.754. The molecule has 0 aliphatic carbocycles. The SMILES string of the molecule is NNc1ccc(-c2ccccc2)c(-c2ccc(-c3ccc(N)cc3)cc2)c1-c1ccc(-c2ccc(N)cc2)cc1. The summed E-state index contributed by atoms with van der Waals surface area (Å²) in [5.74, 6) is 6.10. The van der Waals surface area contributed by atoms with E-state index in [1.54, 1.807) is 0 Å². The summed E-state index contributed by atoms with van der Waals surface area (Å²) >= 11 is 0. The number of benzene rings is 6. The summed E-state index contributed by atoms with van der Waals surface area (Å²) < 4.78 is 0. The average Bonchev–Trinajstić information content (AvgIpc) is 3.02. The molecule has 6 aromatic rings. The molecule has 6 aromatic carbocycles. The van der Waals surface area contributed by atoms with Crippen molar-refractivity contribution in [3.63, 3.8) is 0 Å². The Hall–Kier alpha value is -5.32. The monoisotopic (exact) mass is 518 g/mol. The molecule has 0 spiro atoms. The predicted octanol–water partition coefficient (Wildman–Crippen LogP) is 8.47. The molecule has 0 fully saturated rings. The Labute approximate surface area is 234 Å². The molecule has 0 amide bonds. The minimum atomic E-state index is 0.754. The smallest absolute Gasteiger partial charge is 0.0570 e. The number of hydrazine groups is 1. The maximum atomic E-state index is 6.10. The molecule has 6 rings (SSSR count). The second-order valence-corrected chi connectivity index (χ2v) is 9.82. The normalized spacial score (nSPS) is 10.8. The van der Waals surface area contributed by atoms with Crippen molar-refractivity contribution in [2.75, 3.05) is 16.9 Å². The third-order valence-corrected chi connectivity index (χ3v) is 7.28. The molecule has 194 valence electrons. The van der Waals surface area contributed by atoms with Gasteiger partial charge in [0, 0.05) is 16.9 Å². The van der Waals surface area contributed by atoms with E-state index in [4.69, 9.17) is 17.3 Å². The van der Waals surface area contributed by atoms with Crippen LogP contribution in [0.15, 0.2) is 140 Å². The summed E-state index contributed by atoms with van der Waals surface area (Å²) in [6.07, 6.45) is 0. The van der Waals surface area contributed by atoms with Gasteiger partial charge < -0.3 is 16.9 Å². The van der Waals surface area contributed by atoms with Crippen LogP contribution in [0.4, 0.5) is 17.1 Å². The Morgan fingerprint density at radius 1 is 0.350 bits per heavy atom. The molecule has 0 heterocycles. The lowest BCUT2D eigenvalue weighted by Crippen LogP contribution is -2.09. The van der Waals surface area contributed by atoms with Crippen LogP contribution in [0.5, 0.6) is 0 Å². The van der Waals surface area contributed by atoms with Gasteiger partial charge in [-0.25, -0.2) is 0 Å². The fourth-order valence-corrected chi connectivity index (χ4v) is 5.19. The van der Waals surface area contributed by atoms with E-state index < -0.39 is 0 Å². The van der Waals surface area contributed by atoms with Crippen LogP contribution in [0, 0.1) is 0 Å². The van der Waals surface area contributed by atoms with Gasteiger partial charge in [0.15, 0.2) is 0 Å². The molecule has 0 atom stereocenters. The van der Waals surface area contributed by atoms with E-state index in [1.165, 1.54) is 0 Å². The highest BCUT2D eigenvalue weighted by Gasteiger charge is 2.18. The van der Waals surface area contributed by atoms with E-state index in [9.17, 15) is 0 Å². The molecule has 4 nitrogen and oxygen atoms in total. The minimum Gasteiger partial charge on any atom is -0.399 e. The van der Waals surface area contributed by atoms with Crippen molar-refractivity contribution in [3.8, 4) is 55.6 Å². The topological polar surface area (TPSA) is 90.1 Å². The maximum absolute atomic E-state index is 6.10. The number of anilines is 3. The van der Waals surface area contributed by atoms with Gasteiger partial charge >= 0.3 is 0 Å². The van der Waals surface area contributed by atoms with Gasteiger partial charge in [0.2, 0.25) is 0 Å². The Bertz CT molecular complexity index is 1740. The molecule has 0 saturated heterocycles. The highest BCUT2D eigenvalue weighted by molar-refractivity contribution is 6.00. The van der Waals surface area contributed by atoms with Crippen molar-refractivity contribution >= 4 is 17.1 Å². The second-order valence-electron chi connectivity index (χ2n) is 9.82. The first kappa shape index (κ1) is 25.0. The number of rotatable bonds is 6. The van der Waals surface area contributed by atoms with Crippen LogP contribution in [0.1, 0.15) is 0 Å². The number of hydrogen-bond donors (Lipinski definition) is 4. The third kappa shape index (κ3) is 4.92. The first-order valence-corrected chi connectivity index (χ1v) is 13.2. The molecule has 0 unspecified atom stereocenters. The van der Waals surface area contributed by atoms with Gasteiger partial charge in [-0.15, -0.1) is 0 Å². The number of nitrogen functional groups attached to an aromatic ring is 3. The van der Waals surface area contributed by atoms with Gasteiger partial charge in [0.25, 0.3) is 0 Å². The van der Waals surface area contributed by atoms with Crippen molar-refractivity contribution < 1.29 is 0 Å². The molecule has 0 aliphatic heterocycles. The van der Waals surface area contributed by atoms with E-state index in [1.807, 2.05) is 54.6 Å². The molecule has 0 aliphatic rings. The van der Waals surface area contributed by atoms with Gasteiger partial charge in [-0.05, 0) is 80.4 Å². The van der Waals surface area contributed by atoms with Crippen molar-refractivity contribution in [3.05, 3.63) is 140 Å². The van der Waals surface area contributed by atoms with Crippen molar-refractivity contribution in [1.29, 1.82) is 0 Å². The highest BCUT2D eigenvalue weighted by atomic mass is 15.2. The Morgan fingerprint density at radius 3 is 1.20 bits per heavy atom. The molecule has 0 saturated carbocycles. The quantitative estimate of drug-likeness (QED) is 0.101. The zero-order valence-electron chi connectivity index (χ0n) is 22.0. The zero-order chi connectivity index (χ0) is 27.5. The van der Waals surface area contributed by atoms with Crippen molar-refractivity contribution in [2.45, 2.75) is 0 Å². The number of hydrogen-bond acceptors (Lipinski definition) is 4. The van der Waals surface area contributed by atoms with E-state index in [0.717, 1.165) is 72.7 Å². The molecule has 40 heavy (non-hydrogen) atoms. The summed E-state index contributed by atoms with van der Waals surface area (Å²) in [7, 11) is 0. The fourth-order valence-electron chi connectivity index (χ4n) is 5.19. The summed E-state index contributed by atoms with van der Waals surface area (Å²) in [6, 6.07) is 47.8. The molecular formula is C36H30N4. The van der Waals surface area contributed by atoms with Gasteiger partial charge in [0.05, 0.1) is 5.69 Å². The number of nitrogens with one attached hydrogen (secondary N) is 1. The molecule has 0 aromatic heterocycles. The van der Waals surface area contributed by atoms with E-state index in [0.29, 0.717) is 0 Å². The highest BCUT2D eigenvalue weighted by Crippen LogP contribution is 2.44. The van der Waals surface area contributed by atoms with Crippen LogP contribution in [0.25, 0.3) is 55.6 Å². The Kier molecular flexibility index (Phi) is 6.75. The third-order valence-electron chi connectivity index (χ3n) is 7.28. The summed E-state index contributed by atoms with van der Waals surface area (Å²) in [4.78, 5) is 0. The zero-order valence-corrected chi connectivity index (χ0v) is 22.0. The average molecular weight is 519 g/mol. The van der Waals surface area contributed by atoms with Crippen LogP contribution in [-0.2, 0) is 0 Å². The molecule has 4 heteroatoms. The first-order chi connectivity index (χ1) is 19.6. The second kappa shape index (κ2) is 10.8. The maximum Gasteiger partial charge on any atom is 0.0570 e. The fraction of sp³-hybridized carbons (Fsp3) is 0. The van der Waals surface area contributed by atoms with Gasteiger partial charge in [-0.2, -0.15) is 0 Å². The molecule has 0 radical (unpaired) electrons. The summed E-state index contributed by atoms with van der Waals surface area (Å²) in [6.45, 7) is 0. The Balaban J connectivity index is 1.51. The van der Waals surface area contributed by atoms with Crippen molar-refractivity contribution in [2.24, 2.45) is 5.84 Å². The predicted molar refractivity (Wildman–Crippen MR) is 170 cm³/mol. The van der Waals surface area contributed by atoms with Crippen LogP contribution in [-0.4, -0.2) is 0 Å². The van der Waals surface area contributed by atoms with Crippen molar-refractivity contribution in [1.82, 2.24) is 0 Å². The standard InChI is InChI=1S/C36H30N4/c37-31-18-14-26(15-19-31)24-6-10-29(11-7-24)35-33(28-4-2-1-3-5-28)22-23-34(40-39)36(35)30-12-8-25(9-13-30)27-16-20-32(38)21-17-27/h1-23,40H,37-39H2. The van der Waals surface area contributed by atoms with E-state index in [-0.39, 0.29) is 0 Å². The number of nitrogens with two attached hydrogens (primary N) is 3. The van der Waals surface area contributed by atoms with Crippen LogP contribution < -0.4 is 22.7 Å². The lowest BCUT2D eigenvalue weighted by molar-refractivity contribution is 1.35. The van der Waals surface area contributed by atoms with Crippen LogP contribution in [0.2, 0.25) is 0 Å². The van der Waals surface area contributed by atoms with Crippen LogP contribution >= 0.6 is 0 Å². The van der Waals surface area contributed by atoms with Crippen LogP contribution in [0.3, 0.4) is 0 Å². The van der Waals surface area contributed by atoms with E-state index in [2.05, 4.69) is 90.4 Å². The van der Waals surface area contributed by atoms with Gasteiger partial charge in [0.1, 0.15) is 0 Å². The lowest BCUT2D eigenvalue weighted by Gasteiger charge is -2.20. The molecule has 0 bridgehead atoms. The first-order valence-electron chi connectivity index (χ1n) is 13.2. The molecule has 7 N–H and O–H groups in total. The molecular weight excluding hydrogens is 488 g/mol. The lowest BCUT2D eigenvalue weighted by atomic mass is 9.85. The summed E-state index contributed by atoms with van der Waals surface area (Å²) in [5, 5.41) is 0. The summed E-state index contributed by atoms with van der Waals surface area (Å²) in [5.41, 5.74) is 28.2. The largest absolute Gasteiger partial charge is 0.399 e.